The quantitative estimate of drug-likeness (QED) is 0.824. The average Bonchev–Trinajstić information content (AvgIpc) is 3.09. The highest BCUT2D eigenvalue weighted by Gasteiger charge is 2.30. The van der Waals surface area contributed by atoms with Crippen molar-refractivity contribution in [3.05, 3.63) is 17.5 Å². The van der Waals surface area contributed by atoms with Crippen molar-refractivity contribution in [1.82, 2.24) is 19.8 Å². The Morgan fingerprint density at radius 3 is 2.96 bits per heavy atom. The average molecular weight is 340 g/mol. The molecule has 0 spiro atoms. The maximum Gasteiger partial charge on any atom is 0.254 e. The predicted molar refractivity (Wildman–Crippen MR) is 86.6 cm³/mol. The second kappa shape index (κ2) is 6.60. The first-order valence-electron chi connectivity index (χ1n) is 8.24. The van der Waals surface area contributed by atoms with E-state index in [2.05, 4.69) is 15.1 Å². The molecule has 2 N–H and O–H groups in total. The van der Waals surface area contributed by atoms with Gasteiger partial charge in [0.25, 0.3) is 5.91 Å². The van der Waals surface area contributed by atoms with E-state index in [1.807, 2.05) is 4.68 Å². The van der Waals surface area contributed by atoms with Crippen LogP contribution in [0.25, 0.3) is 0 Å². The van der Waals surface area contributed by atoms with Gasteiger partial charge >= 0.3 is 0 Å². The number of carbonyl (C=O) groups excluding carboxylic acids is 1. The van der Waals surface area contributed by atoms with E-state index >= 15 is 0 Å². The van der Waals surface area contributed by atoms with Crippen LogP contribution >= 0.6 is 0 Å². The second-order valence-corrected chi connectivity index (χ2v) is 8.36. The number of hydrogen-bond donors (Lipinski definition) is 2. The maximum absolute atomic E-state index is 12.4. The number of rotatable bonds is 5. The monoisotopic (exact) mass is 340 g/mol. The summed E-state index contributed by atoms with van der Waals surface area (Å²) >= 11 is 0. The van der Waals surface area contributed by atoms with Gasteiger partial charge in [-0.05, 0) is 38.0 Å². The molecule has 8 heteroatoms. The molecule has 7 nitrogen and oxygen atoms in total. The molecular formula is C15H24N4O3S. The molecule has 0 bridgehead atoms. The van der Waals surface area contributed by atoms with E-state index in [9.17, 15) is 13.2 Å². The lowest BCUT2D eigenvalue weighted by molar-refractivity contribution is 0.0944. The maximum atomic E-state index is 12.4. The van der Waals surface area contributed by atoms with Crippen molar-refractivity contribution >= 4 is 15.9 Å². The van der Waals surface area contributed by atoms with E-state index < -0.39 is 10.0 Å². The van der Waals surface area contributed by atoms with E-state index in [1.54, 1.807) is 6.20 Å². The Kier molecular flexibility index (Phi) is 4.72. The number of aryl methyl sites for hydroxylation is 1. The van der Waals surface area contributed by atoms with Gasteiger partial charge in [-0.3, -0.25) is 9.48 Å². The zero-order chi connectivity index (χ0) is 16.4. The van der Waals surface area contributed by atoms with E-state index in [0.29, 0.717) is 12.1 Å². The third-order valence-corrected chi connectivity index (χ3v) is 5.51. The molecule has 0 saturated heterocycles. The van der Waals surface area contributed by atoms with Crippen LogP contribution in [0.1, 0.15) is 48.2 Å². The molecule has 1 amide bonds. The fraction of sp³-hybridized carbons (Fsp3) is 0.733. The fourth-order valence-electron chi connectivity index (χ4n) is 3.64. The van der Waals surface area contributed by atoms with E-state index in [1.165, 1.54) is 6.26 Å². The fourth-order valence-corrected chi connectivity index (χ4v) is 4.50. The van der Waals surface area contributed by atoms with Crippen molar-refractivity contribution in [3.63, 3.8) is 0 Å². The van der Waals surface area contributed by atoms with Crippen LogP contribution in [0.4, 0.5) is 0 Å². The minimum Gasteiger partial charge on any atom is -0.352 e. The lowest BCUT2D eigenvalue weighted by atomic mass is 10.0. The van der Waals surface area contributed by atoms with Crippen LogP contribution in [0.15, 0.2) is 6.20 Å². The number of hydrogen-bond acceptors (Lipinski definition) is 4. The van der Waals surface area contributed by atoms with Crippen molar-refractivity contribution in [2.75, 3.05) is 12.8 Å². The topological polar surface area (TPSA) is 93.1 Å². The summed E-state index contributed by atoms with van der Waals surface area (Å²) in [6, 6.07) is -0.0774. The van der Waals surface area contributed by atoms with E-state index in [-0.39, 0.29) is 17.9 Å². The molecule has 1 aromatic rings. The van der Waals surface area contributed by atoms with Crippen LogP contribution in [0, 0.1) is 5.92 Å². The van der Waals surface area contributed by atoms with Gasteiger partial charge in [0, 0.05) is 19.1 Å². The van der Waals surface area contributed by atoms with Crippen LogP contribution in [-0.2, 0) is 23.0 Å². The zero-order valence-corrected chi connectivity index (χ0v) is 14.2. The Morgan fingerprint density at radius 1 is 1.35 bits per heavy atom. The molecule has 3 rings (SSSR count). The van der Waals surface area contributed by atoms with Crippen LogP contribution in [0.5, 0.6) is 0 Å². The van der Waals surface area contributed by atoms with Crippen molar-refractivity contribution in [2.45, 2.75) is 51.1 Å². The number of sulfonamides is 1. The Hall–Kier alpha value is -1.41. The van der Waals surface area contributed by atoms with Crippen molar-refractivity contribution in [2.24, 2.45) is 5.92 Å². The van der Waals surface area contributed by atoms with Crippen molar-refractivity contribution < 1.29 is 13.2 Å². The molecule has 0 radical (unpaired) electrons. The highest BCUT2D eigenvalue weighted by molar-refractivity contribution is 7.88. The Bertz CT molecular complexity index is 683. The SMILES string of the molecule is CS(=O)(=O)N[C@H]1CCC[C@H]1CNC(=O)c1cnn2c1CCCC2. The number of nitrogens with zero attached hydrogens (tertiary/aromatic N) is 2. The third-order valence-electron chi connectivity index (χ3n) is 4.78. The van der Waals surface area contributed by atoms with Crippen molar-refractivity contribution in [1.29, 1.82) is 0 Å². The Morgan fingerprint density at radius 2 is 2.17 bits per heavy atom. The smallest absolute Gasteiger partial charge is 0.254 e. The number of amides is 1. The first kappa shape index (κ1) is 16.4. The Labute approximate surface area is 136 Å². The number of carbonyl (C=O) groups is 1. The van der Waals surface area contributed by atoms with Crippen LogP contribution < -0.4 is 10.0 Å². The lowest BCUT2D eigenvalue weighted by Gasteiger charge is -2.20. The summed E-state index contributed by atoms with van der Waals surface area (Å²) in [5.41, 5.74) is 1.68. The summed E-state index contributed by atoms with van der Waals surface area (Å²) < 4.78 is 27.4. The molecular weight excluding hydrogens is 316 g/mol. The van der Waals surface area contributed by atoms with Gasteiger partial charge in [-0.15, -0.1) is 0 Å². The first-order valence-corrected chi connectivity index (χ1v) is 10.1. The predicted octanol–water partition coefficient (Wildman–Crippen LogP) is 0.667. The molecule has 128 valence electrons. The van der Waals surface area contributed by atoms with Gasteiger partial charge in [-0.2, -0.15) is 5.10 Å². The highest BCUT2D eigenvalue weighted by atomic mass is 32.2. The van der Waals surface area contributed by atoms with Gasteiger partial charge in [-0.1, -0.05) is 6.42 Å². The van der Waals surface area contributed by atoms with Gasteiger partial charge in [0.2, 0.25) is 10.0 Å². The van der Waals surface area contributed by atoms with E-state index in [4.69, 9.17) is 0 Å². The third kappa shape index (κ3) is 3.92. The molecule has 2 heterocycles. The van der Waals surface area contributed by atoms with Gasteiger partial charge in [-0.25, -0.2) is 13.1 Å². The molecule has 2 aliphatic rings. The molecule has 1 fully saturated rings. The summed E-state index contributed by atoms with van der Waals surface area (Å²) in [7, 11) is -3.21. The molecule has 1 aliphatic carbocycles. The summed E-state index contributed by atoms with van der Waals surface area (Å²) in [6.45, 7) is 1.38. The molecule has 1 aromatic heterocycles. The van der Waals surface area contributed by atoms with Crippen molar-refractivity contribution in [3.8, 4) is 0 Å². The summed E-state index contributed by atoms with van der Waals surface area (Å²) in [5.74, 6) is 0.0539. The van der Waals surface area contributed by atoms with Crippen LogP contribution in [-0.4, -0.2) is 42.9 Å². The van der Waals surface area contributed by atoms with Gasteiger partial charge in [0.05, 0.1) is 23.7 Å². The highest BCUT2D eigenvalue weighted by Crippen LogP contribution is 2.26. The standard InChI is InChI=1S/C15H24N4O3S/c1-23(21,22)18-13-6-4-5-11(13)9-16-15(20)12-10-17-19-8-3-2-7-14(12)19/h10-11,13,18H,2-9H2,1H3,(H,16,20)/t11-,13-/m0/s1. The normalized spacial score (nSPS) is 24.4. The minimum absolute atomic E-state index is 0.0774. The number of fused-ring (bicyclic) bond motifs is 1. The zero-order valence-electron chi connectivity index (χ0n) is 13.4. The number of nitrogens with one attached hydrogen (secondary N) is 2. The van der Waals surface area contributed by atoms with Gasteiger partial charge in [0.1, 0.15) is 0 Å². The first-order chi connectivity index (χ1) is 10.9. The number of aromatic nitrogens is 2. The summed E-state index contributed by atoms with van der Waals surface area (Å²) in [5, 5.41) is 7.25. The lowest BCUT2D eigenvalue weighted by Crippen LogP contribution is -2.41. The van der Waals surface area contributed by atoms with Gasteiger partial charge in [0.15, 0.2) is 0 Å². The molecule has 1 saturated carbocycles. The molecule has 1 aliphatic heterocycles. The van der Waals surface area contributed by atoms with Crippen LogP contribution in [0.3, 0.4) is 0 Å². The summed E-state index contributed by atoms with van der Waals surface area (Å²) in [4.78, 5) is 12.4. The minimum atomic E-state index is -3.21. The van der Waals surface area contributed by atoms with Gasteiger partial charge < -0.3 is 5.32 Å². The van der Waals surface area contributed by atoms with Crippen LogP contribution in [0.2, 0.25) is 0 Å². The Balaban J connectivity index is 1.59. The van der Waals surface area contributed by atoms with E-state index in [0.717, 1.165) is 50.8 Å². The molecule has 23 heavy (non-hydrogen) atoms. The largest absolute Gasteiger partial charge is 0.352 e. The molecule has 2 atom stereocenters. The summed E-state index contributed by atoms with van der Waals surface area (Å²) in [6.07, 6.45) is 8.67. The second-order valence-electron chi connectivity index (χ2n) is 6.58. The molecule has 0 unspecified atom stereocenters. The molecule has 0 aromatic carbocycles.